The van der Waals surface area contributed by atoms with E-state index in [1.165, 1.54) is 11.1 Å². The maximum atomic E-state index is 4.31. The number of halogens is 2. The average molecular weight is 356 g/mol. The molecule has 2 nitrogen and oxygen atoms in total. The van der Waals surface area contributed by atoms with E-state index >= 15 is 0 Å². The van der Waals surface area contributed by atoms with Crippen molar-refractivity contribution in [2.75, 3.05) is 5.32 Å². The number of rotatable bonds is 2. The second kappa shape index (κ2) is 5.19. The number of nitrogens with zero attached hydrogens (tertiary/aromatic N) is 1. The first kappa shape index (κ1) is 12.6. The van der Waals surface area contributed by atoms with Crippen LogP contribution in [0.1, 0.15) is 11.1 Å². The lowest BCUT2D eigenvalue weighted by atomic mass is 10.1. The zero-order chi connectivity index (χ0) is 12.4. The minimum absolute atomic E-state index is 0.834. The highest BCUT2D eigenvalue weighted by molar-refractivity contribution is 9.10. The monoisotopic (exact) mass is 354 g/mol. The first-order valence-electron chi connectivity index (χ1n) is 5.22. The summed E-state index contributed by atoms with van der Waals surface area (Å²) in [4.78, 5) is 4.31. The van der Waals surface area contributed by atoms with Gasteiger partial charge in [0.1, 0.15) is 5.82 Å². The molecule has 0 radical (unpaired) electrons. The van der Waals surface area contributed by atoms with Crippen molar-refractivity contribution in [1.82, 2.24) is 4.98 Å². The van der Waals surface area contributed by atoms with Crippen molar-refractivity contribution in [3.05, 3.63) is 50.5 Å². The van der Waals surface area contributed by atoms with Crippen LogP contribution in [0.2, 0.25) is 0 Å². The van der Waals surface area contributed by atoms with Crippen LogP contribution in [0.15, 0.2) is 39.4 Å². The number of pyridine rings is 1. The van der Waals surface area contributed by atoms with Gasteiger partial charge < -0.3 is 5.32 Å². The molecule has 1 N–H and O–H groups in total. The van der Waals surface area contributed by atoms with Gasteiger partial charge >= 0.3 is 0 Å². The molecule has 0 fully saturated rings. The molecule has 1 aromatic carbocycles. The fraction of sp³-hybridized carbons (Fsp3) is 0.154. The zero-order valence-corrected chi connectivity index (χ0v) is 12.8. The van der Waals surface area contributed by atoms with E-state index in [1.807, 2.05) is 12.1 Å². The van der Waals surface area contributed by atoms with E-state index in [2.05, 4.69) is 68.1 Å². The van der Waals surface area contributed by atoms with E-state index < -0.39 is 0 Å². The lowest BCUT2D eigenvalue weighted by Gasteiger charge is -2.13. The molecule has 1 aromatic heterocycles. The number of nitrogens with one attached hydrogen (secondary N) is 1. The molecule has 88 valence electrons. The summed E-state index contributed by atoms with van der Waals surface area (Å²) in [5, 5.41) is 3.36. The average Bonchev–Trinajstić information content (AvgIpc) is 2.25. The topological polar surface area (TPSA) is 24.9 Å². The Balaban J connectivity index is 2.40. The third-order valence-corrected chi connectivity index (χ3v) is 3.60. The summed E-state index contributed by atoms with van der Waals surface area (Å²) in [6, 6.07) is 8.05. The number of aryl methyl sites for hydroxylation is 2. The van der Waals surface area contributed by atoms with Gasteiger partial charge in [-0.15, -0.1) is 0 Å². The van der Waals surface area contributed by atoms with Crippen LogP contribution >= 0.6 is 31.9 Å². The van der Waals surface area contributed by atoms with Gasteiger partial charge in [-0.3, -0.25) is 0 Å². The summed E-state index contributed by atoms with van der Waals surface area (Å²) in [6.07, 6.45) is 1.77. The second-order valence-corrected chi connectivity index (χ2v) is 5.64. The highest BCUT2D eigenvalue weighted by Crippen LogP contribution is 2.29. The van der Waals surface area contributed by atoms with Crippen molar-refractivity contribution in [2.45, 2.75) is 13.8 Å². The smallest absolute Gasteiger partial charge is 0.144 e. The van der Waals surface area contributed by atoms with Crippen LogP contribution in [0.4, 0.5) is 11.5 Å². The van der Waals surface area contributed by atoms with Crippen LogP contribution in [0.3, 0.4) is 0 Å². The van der Waals surface area contributed by atoms with Crippen molar-refractivity contribution < 1.29 is 0 Å². The van der Waals surface area contributed by atoms with Crippen LogP contribution in [-0.2, 0) is 0 Å². The molecule has 0 saturated heterocycles. The molecule has 0 atom stereocenters. The highest BCUT2D eigenvalue weighted by atomic mass is 79.9. The minimum atomic E-state index is 0.834. The summed E-state index contributed by atoms with van der Waals surface area (Å²) in [5.74, 6) is 0.834. The van der Waals surface area contributed by atoms with E-state index in [-0.39, 0.29) is 0 Å². The lowest BCUT2D eigenvalue weighted by Crippen LogP contribution is -1.98. The Kier molecular flexibility index (Phi) is 3.84. The van der Waals surface area contributed by atoms with Crippen LogP contribution in [0.5, 0.6) is 0 Å². The number of aromatic nitrogens is 1. The summed E-state index contributed by atoms with van der Waals surface area (Å²) in [7, 11) is 0. The largest absolute Gasteiger partial charge is 0.339 e. The number of hydrogen-bond acceptors (Lipinski definition) is 2. The third-order valence-electron chi connectivity index (χ3n) is 2.50. The molecule has 2 aromatic rings. The minimum Gasteiger partial charge on any atom is -0.339 e. The lowest BCUT2D eigenvalue weighted by molar-refractivity contribution is 1.26. The molecule has 1 heterocycles. The van der Waals surface area contributed by atoms with Gasteiger partial charge in [0.2, 0.25) is 0 Å². The van der Waals surface area contributed by atoms with Crippen molar-refractivity contribution in [3.8, 4) is 0 Å². The molecule has 0 aliphatic heterocycles. The fourth-order valence-electron chi connectivity index (χ4n) is 1.70. The second-order valence-electron chi connectivity index (χ2n) is 3.87. The van der Waals surface area contributed by atoms with Gasteiger partial charge in [-0.05, 0) is 65.2 Å². The van der Waals surface area contributed by atoms with Crippen LogP contribution in [0, 0.1) is 13.8 Å². The molecule has 0 saturated carbocycles. The quantitative estimate of drug-likeness (QED) is 0.822. The van der Waals surface area contributed by atoms with Crippen molar-refractivity contribution in [1.29, 1.82) is 0 Å². The first-order valence-corrected chi connectivity index (χ1v) is 6.81. The Morgan fingerprint density at radius 1 is 1.12 bits per heavy atom. The van der Waals surface area contributed by atoms with Gasteiger partial charge in [0, 0.05) is 16.4 Å². The van der Waals surface area contributed by atoms with E-state index in [1.54, 1.807) is 6.20 Å². The molecule has 0 unspecified atom stereocenters. The third kappa shape index (κ3) is 2.87. The van der Waals surface area contributed by atoms with Crippen molar-refractivity contribution in [3.63, 3.8) is 0 Å². The van der Waals surface area contributed by atoms with Crippen molar-refractivity contribution >= 4 is 43.4 Å². The molecule has 0 spiro atoms. The van der Waals surface area contributed by atoms with Gasteiger partial charge in [-0.25, -0.2) is 4.98 Å². The predicted octanol–water partition coefficient (Wildman–Crippen LogP) is 4.97. The Morgan fingerprint density at radius 2 is 1.76 bits per heavy atom. The SMILES string of the molecule is Cc1cc(Br)cc(C)c1Nc1ncccc1Br. The molecule has 2 rings (SSSR count). The standard InChI is InChI=1S/C13H12Br2N2/c1-8-6-10(14)7-9(2)12(8)17-13-11(15)4-3-5-16-13/h3-7H,1-2H3,(H,16,17). The molecular formula is C13H12Br2N2. The number of anilines is 2. The Hall–Kier alpha value is -0.870. The van der Waals surface area contributed by atoms with Crippen LogP contribution < -0.4 is 5.32 Å². The number of benzene rings is 1. The van der Waals surface area contributed by atoms with Gasteiger partial charge in [-0.2, -0.15) is 0 Å². The molecule has 4 heteroatoms. The zero-order valence-electron chi connectivity index (χ0n) is 9.59. The molecule has 17 heavy (non-hydrogen) atoms. The van der Waals surface area contributed by atoms with Gasteiger partial charge in [-0.1, -0.05) is 15.9 Å². The summed E-state index contributed by atoms with van der Waals surface area (Å²) >= 11 is 6.98. The molecule has 0 aliphatic carbocycles. The van der Waals surface area contributed by atoms with E-state index in [0.717, 1.165) is 20.5 Å². The van der Waals surface area contributed by atoms with Crippen LogP contribution in [0.25, 0.3) is 0 Å². The normalized spacial score (nSPS) is 10.4. The van der Waals surface area contributed by atoms with Gasteiger partial charge in [0.25, 0.3) is 0 Å². The van der Waals surface area contributed by atoms with Crippen LogP contribution in [-0.4, -0.2) is 4.98 Å². The maximum absolute atomic E-state index is 4.31. The Labute approximate surface area is 118 Å². The molecule has 0 amide bonds. The molecule has 0 aliphatic rings. The van der Waals surface area contributed by atoms with E-state index in [0.29, 0.717) is 0 Å². The predicted molar refractivity (Wildman–Crippen MR) is 78.8 cm³/mol. The Bertz CT molecular complexity index is 530. The molecular weight excluding hydrogens is 344 g/mol. The fourth-order valence-corrected chi connectivity index (χ4v) is 2.74. The van der Waals surface area contributed by atoms with E-state index in [4.69, 9.17) is 0 Å². The molecule has 0 bridgehead atoms. The Morgan fingerprint density at radius 3 is 2.35 bits per heavy atom. The summed E-state index contributed by atoms with van der Waals surface area (Å²) < 4.78 is 2.06. The first-order chi connectivity index (χ1) is 8.08. The summed E-state index contributed by atoms with van der Waals surface area (Å²) in [5.41, 5.74) is 3.48. The summed E-state index contributed by atoms with van der Waals surface area (Å²) in [6.45, 7) is 4.16. The van der Waals surface area contributed by atoms with E-state index in [9.17, 15) is 0 Å². The highest BCUT2D eigenvalue weighted by Gasteiger charge is 2.07. The number of hydrogen-bond donors (Lipinski definition) is 1. The maximum Gasteiger partial charge on any atom is 0.144 e. The van der Waals surface area contributed by atoms with Crippen molar-refractivity contribution in [2.24, 2.45) is 0 Å². The van der Waals surface area contributed by atoms with Gasteiger partial charge in [0.05, 0.1) is 4.47 Å². The van der Waals surface area contributed by atoms with Gasteiger partial charge in [0.15, 0.2) is 0 Å².